The summed E-state index contributed by atoms with van der Waals surface area (Å²) in [4.78, 5) is 14.0. The number of carbonyl (C=O) groups is 1. The number of nitrogen functional groups attached to an aromatic ring is 1. The van der Waals surface area contributed by atoms with Gasteiger partial charge in [-0.2, -0.15) is 13.2 Å². The fourth-order valence-electron chi connectivity index (χ4n) is 2.71. The van der Waals surface area contributed by atoms with Crippen molar-refractivity contribution >= 4 is 11.6 Å². The summed E-state index contributed by atoms with van der Waals surface area (Å²) in [5, 5.41) is 0. The van der Waals surface area contributed by atoms with Crippen molar-refractivity contribution in [2.24, 2.45) is 5.41 Å². The summed E-state index contributed by atoms with van der Waals surface area (Å²) in [7, 11) is 0. The molecule has 21 heavy (non-hydrogen) atoms. The van der Waals surface area contributed by atoms with E-state index in [9.17, 15) is 18.0 Å². The van der Waals surface area contributed by atoms with Gasteiger partial charge < -0.3 is 10.6 Å². The van der Waals surface area contributed by atoms with Gasteiger partial charge in [0.2, 0.25) is 0 Å². The maximum absolute atomic E-state index is 12.9. The van der Waals surface area contributed by atoms with Crippen LogP contribution in [-0.2, 0) is 6.18 Å². The highest BCUT2D eigenvalue weighted by Crippen LogP contribution is 2.35. The summed E-state index contributed by atoms with van der Waals surface area (Å²) in [6.07, 6.45) is -2.69. The van der Waals surface area contributed by atoms with Gasteiger partial charge in [0, 0.05) is 24.3 Å². The Kier molecular flexibility index (Phi) is 3.91. The average molecular weight is 300 g/mol. The molecule has 0 spiro atoms. The molecule has 1 heterocycles. The number of nitrogens with zero attached hydrogens (tertiary/aromatic N) is 1. The number of rotatable bonds is 1. The number of amides is 1. The molecule has 6 heteroatoms. The molecule has 3 nitrogen and oxygen atoms in total. The van der Waals surface area contributed by atoms with Gasteiger partial charge >= 0.3 is 6.18 Å². The Labute approximate surface area is 121 Å². The zero-order valence-electron chi connectivity index (χ0n) is 12.1. The SMILES string of the molecule is CC1(C)CCCN(C(=O)c2ccc(N)c(C(F)(F)F)c2)C1. The quantitative estimate of drug-likeness (QED) is 0.806. The Morgan fingerprint density at radius 2 is 2.00 bits per heavy atom. The normalized spacial score (nSPS) is 18.6. The zero-order chi connectivity index (χ0) is 15.8. The number of piperidine rings is 1. The van der Waals surface area contributed by atoms with Gasteiger partial charge in [0.25, 0.3) is 5.91 Å². The Morgan fingerprint density at radius 3 is 2.57 bits per heavy atom. The van der Waals surface area contributed by atoms with Crippen LogP contribution in [0.3, 0.4) is 0 Å². The van der Waals surface area contributed by atoms with Crippen molar-refractivity contribution in [3.05, 3.63) is 29.3 Å². The first kappa shape index (κ1) is 15.7. The molecule has 0 aromatic heterocycles. The molecule has 2 N–H and O–H groups in total. The van der Waals surface area contributed by atoms with Crippen LogP contribution in [0.25, 0.3) is 0 Å². The number of hydrogen-bond acceptors (Lipinski definition) is 2. The fourth-order valence-corrected chi connectivity index (χ4v) is 2.71. The van der Waals surface area contributed by atoms with Crippen LogP contribution in [0, 0.1) is 5.41 Å². The Morgan fingerprint density at radius 1 is 1.33 bits per heavy atom. The summed E-state index contributed by atoms with van der Waals surface area (Å²) in [6.45, 7) is 5.23. The summed E-state index contributed by atoms with van der Waals surface area (Å²) >= 11 is 0. The van der Waals surface area contributed by atoms with Crippen molar-refractivity contribution in [1.29, 1.82) is 0 Å². The van der Waals surface area contributed by atoms with Crippen molar-refractivity contribution in [3.8, 4) is 0 Å². The zero-order valence-corrected chi connectivity index (χ0v) is 12.1. The predicted molar refractivity (Wildman–Crippen MR) is 74.8 cm³/mol. The van der Waals surface area contributed by atoms with Crippen LogP contribution < -0.4 is 5.73 Å². The maximum atomic E-state index is 12.9. The molecular weight excluding hydrogens is 281 g/mol. The molecule has 0 aliphatic carbocycles. The van der Waals surface area contributed by atoms with E-state index in [2.05, 4.69) is 13.8 Å². The third kappa shape index (κ3) is 3.49. The minimum absolute atomic E-state index is 0.00538. The maximum Gasteiger partial charge on any atom is 0.418 e. The highest BCUT2D eigenvalue weighted by Gasteiger charge is 2.35. The molecule has 1 aromatic carbocycles. The molecule has 0 saturated carbocycles. The van der Waals surface area contributed by atoms with E-state index in [-0.39, 0.29) is 22.6 Å². The minimum Gasteiger partial charge on any atom is -0.398 e. The molecule has 1 aromatic rings. The Hall–Kier alpha value is -1.72. The van der Waals surface area contributed by atoms with Crippen molar-refractivity contribution in [1.82, 2.24) is 4.90 Å². The molecule has 1 aliphatic rings. The lowest BCUT2D eigenvalue weighted by atomic mass is 9.84. The smallest absolute Gasteiger partial charge is 0.398 e. The average Bonchev–Trinajstić information content (AvgIpc) is 2.36. The van der Waals surface area contributed by atoms with Crippen molar-refractivity contribution in [2.75, 3.05) is 18.8 Å². The number of anilines is 1. The second-order valence-electron chi connectivity index (χ2n) is 6.29. The lowest BCUT2D eigenvalue weighted by Gasteiger charge is -2.38. The van der Waals surface area contributed by atoms with Gasteiger partial charge in [-0.25, -0.2) is 0 Å². The van der Waals surface area contributed by atoms with E-state index in [0.29, 0.717) is 13.1 Å². The predicted octanol–water partition coefficient (Wildman–Crippen LogP) is 3.55. The topological polar surface area (TPSA) is 46.3 Å². The number of nitrogens with two attached hydrogens (primary N) is 1. The Balaban J connectivity index is 2.28. The summed E-state index contributed by atoms with van der Waals surface area (Å²) in [5.41, 5.74) is 4.07. The van der Waals surface area contributed by atoms with Crippen LogP contribution in [0.5, 0.6) is 0 Å². The third-order valence-corrected chi connectivity index (χ3v) is 3.79. The van der Waals surface area contributed by atoms with E-state index >= 15 is 0 Å². The number of alkyl halides is 3. The second kappa shape index (κ2) is 5.24. The molecule has 1 aliphatic heterocycles. The standard InChI is InChI=1S/C15H19F3N2O/c1-14(2)6-3-7-20(9-14)13(21)10-4-5-12(19)11(8-10)15(16,17)18/h4-5,8H,3,6-7,9,19H2,1-2H3. The molecule has 0 bridgehead atoms. The third-order valence-electron chi connectivity index (χ3n) is 3.79. The number of carbonyl (C=O) groups excluding carboxylic acids is 1. The van der Waals surface area contributed by atoms with Crippen molar-refractivity contribution in [2.45, 2.75) is 32.9 Å². The number of hydrogen-bond donors (Lipinski definition) is 1. The van der Waals surface area contributed by atoms with Gasteiger partial charge in [-0.3, -0.25) is 4.79 Å². The van der Waals surface area contributed by atoms with Gasteiger partial charge in [0.15, 0.2) is 0 Å². The van der Waals surface area contributed by atoms with E-state index in [1.807, 2.05) is 0 Å². The largest absolute Gasteiger partial charge is 0.418 e. The number of benzene rings is 1. The van der Waals surface area contributed by atoms with Gasteiger partial charge in [-0.15, -0.1) is 0 Å². The van der Waals surface area contributed by atoms with Crippen LogP contribution in [0.1, 0.15) is 42.6 Å². The van der Waals surface area contributed by atoms with Crippen LogP contribution in [-0.4, -0.2) is 23.9 Å². The monoisotopic (exact) mass is 300 g/mol. The van der Waals surface area contributed by atoms with Crippen LogP contribution in [0.4, 0.5) is 18.9 Å². The summed E-state index contributed by atoms with van der Waals surface area (Å²) in [6, 6.07) is 3.35. The molecule has 0 radical (unpaired) electrons. The molecule has 1 amide bonds. The van der Waals surface area contributed by atoms with Crippen LogP contribution in [0.15, 0.2) is 18.2 Å². The molecular formula is C15H19F3N2O. The molecule has 0 unspecified atom stereocenters. The van der Waals surface area contributed by atoms with E-state index in [4.69, 9.17) is 5.73 Å². The van der Waals surface area contributed by atoms with E-state index in [1.54, 1.807) is 4.90 Å². The summed E-state index contributed by atoms with van der Waals surface area (Å²) in [5.74, 6) is -0.367. The summed E-state index contributed by atoms with van der Waals surface area (Å²) < 4.78 is 38.6. The van der Waals surface area contributed by atoms with E-state index < -0.39 is 11.7 Å². The molecule has 1 fully saturated rings. The molecule has 1 saturated heterocycles. The van der Waals surface area contributed by atoms with Gasteiger partial charge in [0.1, 0.15) is 0 Å². The number of likely N-dealkylation sites (tertiary alicyclic amines) is 1. The fraction of sp³-hybridized carbons (Fsp3) is 0.533. The first-order valence-electron chi connectivity index (χ1n) is 6.86. The molecule has 0 atom stereocenters. The molecule has 2 rings (SSSR count). The lowest BCUT2D eigenvalue weighted by molar-refractivity contribution is -0.136. The highest BCUT2D eigenvalue weighted by atomic mass is 19.4. The van der Waals surface area contributed by atoms with Gasteiger partial charge in [-0.05, 0) is 36.5 Å². The second-order valence-corrected chi connectivity index (χ2v) is 6.29. The van der Waals surface area contributed by atoms with E-state index in [0.717, 1.165) is 25.0 Å². The van der Waals surface area contributed by atoms with Crippen LogP contribution in [0.2, 0.25) is 0 Å². The van der Waals surface area contributed by atoms with Gasteiger partial charge in [-0.1, -0.05) is 13.8 Å². The first-order valence-corrected chi connectivity index (χ1v) is 6.86. The molecule has 116 valence electrons. The number of halogens is 3. The van der Waals surface area contributed by atoms with Gasteiger partial charge in [0.05, 0.1) is 5.56 Å². The minimum atomic E-state index is -4.55. The first-order chi connectivity index (χ1) is 9.60. The highest BCUT2D eigenvalue weighted by molar-refractivity contribution is 5.95. The Bertz CT molecular complexity index is 552. The van der Waals surface area contributed by atoms with E-state index in [1.165, 1.54) is 6.07 Å². The van der Waals surface area contributed by atoms with Crippen molar-refractivity contribution in [3.63, 3.8) is 0 Å². The van der Waals surface area contributed by atoms with Crippen molar-refractivity contribution < 1.29 is 18.0 Å². The lowest BCUT2D eigenvalue weighted by Crippen LogP contribution is -2.43. The van der Waals surface area contributed by atoms with Crippen LogP contribution >= 0.6 is 0 Å².